The number of ether oxygens (including phenoxy) is 5. The fourth-order valence-electron chi connectivity index (χ4n) is 9.18. The fraction of sp³-hybridized carbons (Fsp3) is 0.917. The molecule has 49 heavy (non-hydrogen) atoms. The lowest BCUT2D eigenvalue weighted by atomic mass is 9.50. The van der Waals surface area contributed by atoms with Gasteiger partial charge in [0.1, 0.15) is 18.1 Å². The van der Waals surface area contributed by atoms with Crippen LogP contribution in [0, 0.1) is 23.7 Å². The number of Topliss-reactive ketones (excluding diaryl/α,β-unsaturated/α-hetero) is 1. The van der Waals surface area contributed by atoms with Crippen molar-refractivity contribution in [3.63, 3.8) is 0 Å². The normalized spacial score (nSPS) is 47.9. The van der Waals surface area contributed by atoms with Gasteiger partial charge in [-0.2, -0.15) is 0 Å². The molecule has 2 unspecified atom stereocenters. The van der Waals surface area contributed by atoms with E-state index >= 15 is 0 Å². The highest BCUT2D eigenvalue weighted by atomic mass is 16.7. The van der Waals surface area contributed by atoms with E-state index in [9.17, 15) is 19.5 Å². The van der Waals surface area contributed by atoms with Gasteiger partial charge >= 0.3 is 12.1 Å². The Morgan fingerprint density at radius 3 is 2.31 bits per heavy atom. The van der Waals surface area contributed by atoms with Crippen molar-refractivity contribution in [2.75, 3.05) is 34.3 Å². The Balaban J connectivity index is 1.43. The van der Waals surface area contributed by atoms with Crippen LogP contribution in [0.2, 0.25) is 0 Å². The number of hydrogen-bond donors (Lipinski definition) is 4. The van der Waals surface area contributed by atoms with Gasteiger partial charge in [0, 0.05) is 37.2 Å². The summed E-state index contributed by atoms with van der Waals surface area (Å²) in [6.07, 6.45) is 0.668. The number of esters is 1. The second kappa shape index (κ2) is 14.6. The van der Waals surface area contributed by atoms with E-state index in [2.05, 4.69) is 22.9 Å². The first kappa shape index (κ1) is 38.4. The number of likely N-dealkylation sites (N-methyl/N-ethyl adjacent to an activating group) is 1. The molecule has 0 aromatic heterocycles. The van der Waals surface area contributed by atoms with Gasteiger partial charge in [0.15, 0.2) is 17.7 Å². The topological polar surface area (TPSA) is 157 Å². The van der Waals surface area contributed by atoms with E-state index in [4.69, 9.17) is 23.7 Å². The lowest BCUT2D eigenvalue weighted by Gasteiger charge is -2.62. The summed E-state index contributed by atoms with van der Waals surface area (Å²) in [5.74, 6) is -2.17. The van der Waals surface area contributed by atoms with Crippen molar-refractivity contribution in [3.8, 4) is 0 Å². The van der Waals surface area contributed by atoms with Crippen LogP contribution in [0.25, 0.3) is 0 Å². The molecule has 13 heteroatoms. The molecule has 0 radical (unpaired) electrons. The molecule has 6 rings (SSSR count). The van der Waals surface area contributed by atoms with E-state index in [-0.39, 0.29) is 35.4 Å². The van der Waals surface area contributed by atoms with Crippen LogP contribution < -0.4 is 16.0 Å². The molecule has 0 spiro atoms. The smallest absolute Gasteiger partial charge is 0.408 e. The van der Waals surface area contributed by atoms with Crippen molar-refractivity contribution in [3.05, 3.63) is 0 Å². The number of methoxy groups -OCH3 is 1. The van der Waals surface area contributed by atoms with Crippen molar-refractivity contribution >= 4 is 17.8 Å². The first-order chi connectivity index (χ1) is 23.0. The first-order valence-corrected chi connectivity index (χ1v) is 18.4. The van der Waals surface area contributed by atoms with Crippen LogP contribution in [0.4, 0.5) is 4.79 Å². The molecular formula is C36H62N4O9. The predicted molar refractivity (Wildman–Crippen MR) is 182 cm³/mol. The lowest BCUT2D eigenvalue weighted by molar-refractivity contribution is -0.297. The highest BCUT2D eigenvalue weighted by molar-refractivity contribution is 6.00. The second-order valence-corrected chi connectivity index (χ2v) is 16.5. The summed E-state index contributed by atoms with van der Waals surface area (Å²) in [4.78, 5) is 42.4. The molecule has 1 amide bonds. The minimum absolute atomic E-state index is 0.0317. The molecule has 3 saturated heterocycles. The van der Waals surface area contributed by atoms with Gasteiger partial charge in [-0.1, -0.05) is 20.8 Å². The third-order valence-electron chi connectivity index (χ3n) is 12.5. The molecule has 280 valence electrons. The van der Waals surface area contributed by atoms with E-state index in [1.165, 1.54) is 19.3 Å². The number of ketones is 1. The third-order valence-corrected chi connectivity index (χ3v) is 12.5. The maximum absolute atomic E-state index is 14.2. The van der Waals surface area contributed by atoms with Gasteiger partial charge in [-0.3, -0.25) is 9.59 Å². The minimum Gasteiger partial charge on any atom is -0.458 e. The predicted octanol–water partition coefficient (Wildman–Crippen LogP) is 2.37. The van der Waals surface area contributed by atoms with Crippen LogP contribution in [-0.4, -0.2) is 128 Å². The summed E-state index contributed by atoms with van der Waals surface area (Å²) >= 11 is 0. The molecule has 0 aromatic carbocycles. The van der Waals surface area contributed by atoms with Gasteiger partial charge in [0.2, 0.25) is 0 Å². The number of aliphatic hydroxyl groups excluding tert-OH is 1. The molecule has 6 aliphatic rings. The number of amides is 1. The fourth-order valence-corrected chi connectivity index (χ4v) is 9.18. The number of alkyl carbamates (subject to hydrolysis) is 1. The van der Waals surface area contributed by atoms with Crippen LogP contribution in [0.15, 0.2) is 0 Å². The number of carbonyl (C=O) groups excluding carboxylic acids is 3. The Morgan fingerprint density at radius 2 is 1.73 bits per heavy atom. The monoisotopic (exact) mass is 694 g/mol. The molecule has 13 atom stereocenters. The molecule has 6 fully saturated rings. The van der Waals surface area contributed by atoms with Gasteiger partial charge in [0.25, 0.3) is 0 Å². The molecular weight excluding hydrogens is 632 g/mol. The largest absolute Gasteiger partial charge is 0.458 e. The van der Waals surface area contributed by atoms with Crippen LogP contribution in [0.3, 0.4) is 0 Å². The van der Waals surface area contributed by atoms with E-state index in [0.717, 1.165) is 5.92 Å². The molecule has 2 bridgehead atoms. The van der Waals surface area contributed by atoms with Gasteiger partial charge in [-0.05, 0) is 98.7 Å². The number of hydrogen-bond acceptors (Lipinski definition) is 12. The van der Waals surface area contributed by atoms with E-state index in [0.29, 0.717) is 32.4 Å². The zero-order chi connectivity index (χ0) is 36.1. The number of nitrogens with one attached hydrogen (secondary N) is 3. The first-order valence-electron chi connectivity index (χ1n) is 18.4. The van der Waals surface area contributed by atoms with Crippen molar-refractivity contribution in [1.82, 2.24) is 20.9 Å². The zero-order valence-electron chi connectivity index (χ0n) is 31.2. The number of fused-ring (bicyclic) bond motifs is 1. The Kier molecular flexibility index (Phi) is 11.5. The summed E-state index contributed by atoms with van der Waals surface area (Å²) in [5, 5.41) is 21.8. The Hall–Kier alpha value is -1.87. The van der Waals surface area contributed by atoms with E-state index in [1.54, 1.807) is 27.9 Å². The number of rotatable bonds is 8. The third kappa shape index (κ3) is 7.54. The summed E-state index contributed by atoms with van der Waals surface area (Å²) in [7, 11) is 5.48. The lowest BCUT2D eigenvalue weighted by Crippen LogP contribution is -2.68. The maximum atomic E-state index is 14.2. The highest BCUT2D eigenvalue weighted by Gasteiger charge is 2.57. The molecule has 3 aliphatic heterocycles. The molecule has 3 heterocycles. The maximum Gasteiger partial charge on any atom is 0.408 e. The Bertz CT molecular complexity index is 1200. The van der Waals surface area contributed by atoms with Crippen molar-refractivity contribution < 1.29 is 43.2 Å². The van der Waals surface area contributed by atoms with Gasteiger partial charge in [-0.15, -0.1) is 0 Å². The molecule has 13 nitrogen and oxygen atoms in total. The summed E-state index contributed by atoms with van der Waals surface area (Å²) in [5.41, 5.74) is -1.94. The van der Waals surface area contributed by atoms with Crippen molar-refractivity contribution in [2.45, 2.75) is 153 Å². The highest BCUT2D eigenvalue weighted by Crippen LogP contribution is 2.57. The van der Waals surface area contributed by atoms with Crippen LogP contribution in [0.1, 0.15) is 87.0 Å². The average molecular weight is 695 g/mol. The van der Waals surface area contributed by atoms with E-state index in [1.807, 2.05) is 39.8 Å². The summed E-state index contributed by atoms with van der Waals surface area (Å²) in [6.45, 7) is 14.1. The SMILES string of the molecule is CC[C@@H]1OC(=O)[C@H](C)C(=O)[C@H](C)[C@@H](O[C@@H]2O[C@H](CNC34CC(C3)C4)CC(N(C)C)C2O)[C@](C)(OC)C[C@@H](C)CN[C@H](C)[C@H]2NC(=O)O[C@]12C. The minimum atomic E-state index is -1.15. The van der Waals surface area contributed by atoms with Crippen LogP contribution in [0.5, 0.6) is 0 Å². The number of cyclic esters (lactones) is 1. The number of aliphatic hydroxyl groups is 1. The Labute approximate surface area is 292 Å². The second-order valence-electron chi connectivity index (χ2n) is 16.5. The molecule has 0 aromatic rings. The van der Waals surface area contributed by atoms with E-state index < -0.39 is 65.7 Å². The van der Waals surface area contributed by atoms with Crippen molar-refractivity contribution in [1.29, 1.82) is 0 Å². The molecule has 4 N–H and O–H groups in total. The number of carbonyl (C=O) groups is 3. The summed E-state index contributed by atoms with van der Waals surface area (Å²) < 4.78 is 31.3. The summed E-state index contributed by atoms with van der Waals surface area (Å²) in [6, 6.07) is -0.953. The van der Waals surface area contributed by atoms with Crippen molar-refractivity contribution in [2.24, 2.45) is 23.7 Å². The number of nitrogens with zero attached hydrogens (tertiary/aromatic N) is 1. The van der Waals surface area contributed by atoms with Crippen LogP contribution in [-0.2, 0) is 33.3 Å². The molecule has 3 aliphatic carbocycles. The molecule has 3 saturated carbocycles. The van der Waals surface area contributed by atoms with Crippen LogP contribution >= 0.6 is 0 Å². The Morgan fingerprint density at radius 1 is 1.06 bits per heavy atom. The quantitative estimate of drug-likeness (QED) is 0.218. The average Bonchev–Trinajstić information content (AvgIpc) is 3.33. The standard InChI is InChI=1S/C36H62N4O9/c1-11-26-35(7)29(39-33(44)49-35)22(5)37-17-19(2)13-34(6,45-10)30(20(3)27(41)21(4)31(43)47-26)48-32-28(42)25(40(8)9)12-24(46-32)18-38-36-14-23(15-36)16-36/h19-26,28-30,32,37-38,42H,11-18H2,1-10H3,(H,39,44)/t19-,20+,21-,22-,23?,24+,25?,26+,28?,29-,30-,32+,34-,35-,36?/m1/s1. The zero-order valence-corrected chi connectivity index (χ0v) is 31.2. The van der Waals surface area contributed by atoms with Gasteiger partial charge < -0.3 is 49.6 Å². The van der Waals surface area contributed by atoms with Gasteiger partial charge in [-0.25, -0.2) is 4.79 Å². The van der Waals surface area contributed by atoms with Gasteiger partial charge in [0.05, 0.1) is 23.9 Å².